The normalized spacial score (nSPS) is 11.6. The average molecular weight is 805 g/mol. The molecule has 63 heavy (non-hydrogen) atoms. The highest BCUT2D eigenvalue weighted by Gasteiger charge is 2.28. The molecule has 1 aliphatic heterocycles. The largest absolute Gasteiger partial charge is 0.456 e. The summed E-state index contributed by atoms with van der Waals surface area (Å²) in [4.78, 5) is 4.68. The van der Waals surface area contributed by atoms with Gasteiger partial charge >= 0.3 is 0 Å². The second-order valence-electron chi connectivity index (χ2n) is 16.1. The summed E-state index contributed by atoms with van der Waals surface area (Å²) in [5, 5.41) is 7.17. The van der Waals surface area contributed by atoms with Gasteiger partial charge < -0.3 is 14.5 Å². The Morgan fingerprint density at radius 2 is 0.746 bits per heavy atom. The highest BCUT2D eigenvalue weighted by atomic mass is 16.5. The van der Waals surface area contributed by atoms with Gasteiger partial charge in [0.2, 0.25) is 0 Å². The van der Waals surface area contributed by atoms with Crippen LogP contribution in [0.2, 0.25) is 0 Å². The molecule has 0 unspecified atom stereocenters. The zero-order chi connectivity index (χ0) is 41.7. The Hall–Kier alpha value is -8.40. The summed E-state index contributed by atoms with van der Waals surface area (Å²) >= 11 is 0. The number of ether oxygens (including phenoxy) is 1. The van der Waals surface area contributed by atoms with E-state index in [-0.39, 0.29) is 0 Å². The fraction of sp³-hybridized carbons (Fsp3) is 0. The van der Waals surface area contributed by atoms with Crippen LogP contribution in [0.15, 0.2) is 243 Å². The number of para-hydroxylation sites is 2. The molecule has 0 N–H and O–H groups in total. The van der Waals surface area contributed by atoms with E-state index in [9.17, 15) is 0 Å². The Kier molecular flexibility index (Phi) is 8.83. The van der Waals surface area contributed by atoms with Gasteiger partial charge in [-0.1, -0.05) is 170 Å². The van der Waals surface area contributed by atoms with Gasteiger partial charge in [0.05, 0.1) is 11.4 Å². The molecule has 12 rings (SSSR count). The molecule has 3 heteroatoms. The summed E-state index contributed by atoms with van der Waals surface area (Å²) in [6.45, 7) is 0. The van der Waals surface area contributed by atoms with Crippen molar-refractivity contribution in [2.24, 2.45) is 0 Å². The molecule has 0 saturated carbocycles. The van der Waals surface area contributed by atoms with Crippen LogP contribution in [0.1, 0.15) is 0 Å². The van der Waals surface area contributed by atoms with Gasteiger partial charge in [0, 0.05) is 39.8 Å². The molecule has 296 valence electrons. The van der Waals surface area contributed by atoms with Gasteiger partial charge in [0.15, 0.2) is 0 Å². The molecule has 1 aliphatic rings. The minimum atomic E-state index is 0.820. The van der Waals surface area contributed by atoms with Crippen molar-refractivity contribution in [1.29, 1.82) is 0 Å². The molecule has 0 atom stereocenters. The van der Waals surface area contributed by atoms with E-state index >= 15 is 0 Å². The lowest BCUT2D eigenvalue weighted by Crippen LogP contribution is -2.13. The first-order valence-corrected chi connectivity index (χ1v) is 21.5. The molecule has 3 nitrogen and oxygen atoms in total. The lowest BCUT2D eigenvalue weighted by Gasteiger charge is -2.32. The first-order chi connectivity index (χ1) is 31.2. The maximum Gasteiger partial charge on any atom is 0.138 e. The first kappa shape index (κ1) is 36.5. The maximum absolute atomic E-state index is 7.06. The zero-order valence-corrected chi connectivity index (χ0v) is 34.4. The van der Waals surface area contributed by atoms with Crippen LogP contribution in [0.4, 0.5) is 34.1 Å². The summed E-state index contributed by atoms with van der Waals surface area (Å²) in [5.74, 6) is 1.66. The van der Waals surface area contributed by atoms with E-state index in [0.29, 0.717) is 0 Å². The minimum absolute atomic E-state index is 0.820. The van der Waals surface area contributed by atoms with Gasteiger partial charge in [-0.2, -0.15) is 0 Å². The Labute approximate surface area is 367 Å². The van der Waals surface area contributed by atoms with Crippen LogP contribution < -0.4 is 14.5 Å². The van der Waals surface area contributed by atoms with E-state index in [1.165, 1.54) is 43.8 Å². The third kappa shape index (κ3) is 6.38. The number of anilines is 6. The monoisotopic (exact) mass is 804 g/mol. The molecule has 11 aromatic rings. The maximum atomic E-state index is 7.06. The van der Waals surface area contributed by atoms with Gasteiger partial charge in [-0.05, 0) is 121 Å². The van der Waals surface area contributed by atoms with E-state index in [1.54, 1.807) is 0 Å². The Morgan fingerprint density at radius 1 is 0.286 bits per heavy atom. The van der Waals surface area contributed by atoms with E-state index in [2.05, 4.69) is 252 Å². The fourth-order valence-electron chi connectivity index (χ4n) is 9.53. The van der Waals surface area contributed by atoms with Crippen molar-refractivity contribution < 1.29 is 4.74 Å². The molecule has 1 heterocycles. The first-order valence-electron chi connectivity index (χ1n) is 21.5. The fourth-order valence-corrected chi connectivity index (χ4v) is 9.53. The molecule has 0 aromatic heterocycles. The van der Waals surface area contributed by atoms with E-state index < -0.39 is 0 Å². The number of rotatable bonds is 8. The molecule has 0 fully saturated rings. The molecule has 0 bridgehead atoms. The van der Waals surface area contributed by atoms with Crippen LogP contribution in [-0.4, -0.2) is 0 Å². The van der Waals surface area contributed by atoms with Gasteiger partial charge in [-0.3, -0.25) is 0 Å². The molecule has 0 radical (unpaired) electrons. The van der Waals surface area contributed by atoms with E-state index in [1.807, 2.05) is 0 Å². The van der Waals surface area contributed by atoms with Crippen LogP contribution in [0, 0.1) is 0 Å². The predicted molar refractivity (Wildman–Crippen MR) is 265 cm³/mol. The molecule has 0 amide bonds. The Morgan fingerprint density at radius 3 is 1.32 bits per heavy atom. The summed E-state index contributed by atoms with van der Waals surface area (Å²) in [6, 6.07) is 86.9. The molecule has 11 aromatic carbocycles. The van der Waals surface area contributed by atoms with Crippen molar-refractivity contribution in [3.8, 4) is 44.9 Å². The molecule has 0 aliphatic carbocycles. The van der Waals surface area contributed by atoms with E-state index in [0.717, 1.165) is 67.5 Å². The quantitative estimate of drug-likeness (QED) is 0.152. The smallest absolute Gasteiger partial charge is 0.138 e. The van der Waals surface area contributed by atoms with Gasteiger partial charge in [-0.15, -0.1) is 0 Å². The summed E-state index contributed by atoms with van der Waals surface area (Å²) in [5.41, 5.74) is 13.3. The number of fused-ring (bicyclic) bond motifs is 4. The highest BCUT2D eigenvalue weighted by Crippen LogP contribution is 2.54. The van der Waals surface area contributed by atoms with Crippen molar-refractivity contribution in [3.63, 3.8) is 0 Å². The van der Waals surface area contributed by atoms with Crippen LogP contribution >= 0.6 is 0 Å². The SMILES string of the molecule is c1ccc(N(c2ccccc2)c2cc3c4c(cccc4c2)-c2c(cccc2N(c2ccc(-c4cccc5ccccc45)cc2)c2ccc(-c4cccc5ccccc45)cc2)O3)cc1. The molecular weight excluding hydrogens is 765 g/mol. The third-order valence-corrected chi connectivity index (χ3v) is 12.4. The van der Waals surface area contributed by atoms with Crippen molar-refractivity contribution in [1.82, 2.24) is 0 Å². The average Bonchev–Trinajstić information content (AvgIpc) is 3.35. The van der Waals surface area contributed by atoms with Crippen LogP contribution in [-0.2, 0) is 0 Å². The van der Waals surface area contributed by atoms with Gasteiger partial charge in [0.1, 0.15) is 11.5 Å². The summed E-state index contributed by atoms with van der Waals surface area (Å²) in [7, 11) is 0. The predicted octanol–water partition coefficient (Wildman–Crippen LogP) is 17.2. The Bertz CT molecular complexity index is 3300. The second kappa shape index (κ2) is 15.3. The second-order valence-corrected chi connectivity index (χ2v) is 16.1. The summed E-state index contributed by atoms with van der Waals surface area (Å²) in [6.07, 6.45) is 0. The molecule has 0 saturated heterocycles. The standard InChI is InChI=1S/C60H40N2O/c1-3-20-46(21-4-1)61(47-22-5-2-6-23-47)50-39-45-19-13-28-55-59(45)58(40-50)63-57-30-14-29-56(60(55)57)62(48-35-31-43(32-36-48)53-26-11-17-41-15-7-9-24-51(41)53)49-37-33-44(34-38-49)54-27-12-18-42-16-8-10-25-52(42)54/h1-40H. The van der Waals surface area contributed by atoms with E-state index in [4.69, 9.17) is 4.74 Å². The van der Waals surface area contributed by atoms with Crippen molar-refractivity contribution in [2.45, 2.75) is 0 Å². The van der Waals surface area contributed by atoms with Gasteiger partial charge in [0.25, 0.3) is 0 Å². The van der Waals surface area contributed by atoms with Crippen molar-refractivity contribution in [2.75, 3.05) is 9.80 Å². The van der Waals surface area contributed by atoms with Crippen LogP contribution in [0.25, 0.3) is 65.7 Å². The summed E-state index contributed by atoms with van der Waals surface area (Å²) < 4.78 is 7.06. The van der Waals surface area contributed by atoms with Crippen molar-refractivity contribution in [3.05, 3.63) is 243 Å². The lowest BCUT2D eigenvalue weighted by atomic mass is 9.92. The minimum Gasteiger partial charge on any atom is -0.456 e. The number of nitrogens with zero attached hydrogens (tertiary/aromatic N) is 2. The molecule has 0 spiro atoms. The molecular formula is C60H40N2O. The van der Waals surface area contributed by atoms with Crippen molar-refractivity contribution >= 4 is 66.4 Å². The van der Waals surface area contributed by atoms with Crippen LogP contribution in [0.3, 0.4) is 0 Å². The van der Waals surface area contributed by atoms with Gasteiger partial charge in [-0.25, -0.2) is 0 Å². The number of hydrogen-bond acceptors (Lipinski definition) is 3. The third-order valence-electron chi connectivity index (χ3n) is 12.4. The number of hydrogen-bond donors (Lipinski definition) is 0. The Balaban J connectivity index is 1.01. The highest BCUT2D eigenvalue weighted by molar-refractivity contribution is 6.10. The topological polar surface area (TPSA) is 15.7 Å². The number of benzene rings is 11. The lowest BCUT2D eigenvalue weighted by molar-refractivity contribution is 0.487. The van der Waals surface area contributed by atoms with Crippen LogP contribution in [0.5, 0.6) is 11.5 Å². The zero-order valence-electron chi connectivity index (χ0n) is 34.4.